The van der Waals surface area contributed by atoms with Crippen LogP contribution in [0, 0.1) is 5.92 Å². The third-order valence-corrected chi connectivity index (χ3v) is 1.94. The molecule has 0 saturated carbocycles. The maximum Gasteiger partial charge on any atom is 0.333 e. The van der Waals surface area contributed by atoms with Gasteiger partial charge in [0.15, 0.2) is 6.10 Å². The molecule has 10 heavy (non-hydrogen) atoms. The SMILES string of the molecule is C=C(Br)[C@@H](C)[C@H](O)C(=O)O. The van der Waals surface area contributed by atoms with Gasteiger partial charge in [-0.15, -0.1) is 0 Å². The molecule has 0 aromatic carbocycles. The molecule has 0 radical (unpaired) electrons. The number of hydrogen-bond acceptors (Lipinski definition) is 2. The highest BCUT2D eigenvalue weighted by Gasteiger charge is 2.22. The Balaban J connectivity index is 4.07. The maximum atomic E-state index is 10.1. The molecule has 0 aliphatic carbocycles. The van der Waals surface area contributed by atoms with Gasteiger partial charge in [-0.05, 0) is 4.48 Å². The van der Waals surface area contributed by atoms with Crippen molar-refractivity contribution in [3.63, 3.8) is 0 Å². The second-order valence-electron chi connectivity index (χ2n) is 2.02. The largest absolute Gasteiger partial charge is 0.479 e. The molecular formula is C6H9BrO3. The molecule has 0 amide bonds. The predicted octanol–water partition coefficient (Wildman–Crippen LogP) is 0.977. The molecule has 2 atom stereocenters. The van der Waals surface area contributed by atoms with Crippen LogP contribution in [0.25, 0.3) is 0 Å². The van der Waals surface area contributed by atoms with Crippen molar-refractivity contribution in [2.45, 2.75) is 13.0 Å². The number of carbonyl (C=O) groups is 1. The van der Waals surface area contributed by atoms with E-state index in [0.29, 0.717) is 4.48 Å². The molecule has 0 rings (SSSR count). The highest BCUT2D eigenvalue weighted by molar-refractivity contribution is 9.11. The summed E-state index contributed by atoms with van der Waals surface area (Å²) in [5.74, 6) is -1.69. The zero-order valence-corrected chi connectivity index (χ0v) is 7.13. The first-order chi connectivity index (χ1) is 4.46. The van der Waals surface area contributed by atoms with Gasteiger partial charge in [0.1, 0.15) is 0 Å². The van der Waals surface area contributed by atoms with Crippen molar-refractivity contribution in [3.8, 4) is 0 Å². The van der Waals surface area contributed by atoms with Gasteiger partial charge in [-0.3, -0.25) is 0 Å². The van der Waals surface area contributed by atoms with E-state index in [-0.39, 0.29) is 0 Å². The third-order valence-electron chi connectivity index (χ3n) is 1.22. The van der Waals surface area contributed by atoms with Gasteiger partial charge < -0.3 is 10.2 Å². The second kappa shape index (κ2) is 3.73. The molecule has 4 heteroatoms. The number of aliphatic carboxylic acids is 1. The van der Waals surface area contributed by atoms with E-state index in [4.69, 9.17) is 10.2 Å². The Morgan fingerprint density at radius 2 is 2.10 bits per heavy atom. The Morgan fingerprint density at radius 1 is 1.70 bits per heavy atom. The maximum absolute atomic E-state index is 10.1. The summed E-state index contributed by atoms with van der Waals surface area (Å²) in [6.45, 7) is 5.03. The van der Waals surface area contributed by atoms with E-state index in [2.05, 4.69) is 22.5 Å². The van der Waals surface area contributed by atoms with Crippen LogP contribution in [0.4, 0.5) is 0 Å². The fourth-order valence-electron chi connectivity index (χ4n) is 0.385. The van der Waals surface area contributed by atoms with Crippen LogP contribution in [0.3, 0.4) is 0 Å². The van der Waals surface area contributed by atoms with E-state index < -0.39 is 18.0 Å². The van der Waals surface area contributed by atoms with E-state index >= 15 is 0 Å². The number of carboxylic acids is 1. The van der Waals surface area contributed by atoms with Crippen LogP contribution in [-0.2, 0) is 4.79 Å². The van der Waals surface area contributed by atoms with Crippen molar-refractivity contribution in [2.24, 2.45) is 5.92 Å². The normalized spacial score (nSPS) is 15.9. The molecular weight excluding hydrogens is 200 g/mol. The highest BCUT2D eigenvalue weighted by atomic mass is 79.9. The smallest absolute Gasteiger partial charge is 0.333 e. The number of rotatable bonds is 3. The number of halogens is 1. The molecule has 3 nitrogen and oxygen atoms in total. The Bertz CT molecular complexity index is 137. The first-order valence-electron chi connectivity index (χ1n) is 2.72. The zero-order chi connectivity index (χ0) is 8.31. The number of carboxylic acid groups (broad SMARTS) is 1. The summed E-state index contributed by atoms with van der Waals surface area (Å²) >= 11 is 2.99. The van der Waals surface area contributed by atoms with Crippen molar-refractivity contribution >= 4 is 21.9 Å². The van der Waals surface area contributed by atoms with Crippen molar-refractivity contribution < 1.29 is 15.0 Å². The quantitative estimate of drug-likeness (QED) is 0.728. The molecule has 0 spiro atoms. The summed E-state index contributed by atoms with van der Waals surface area (Å²) in [6.07, 6.45) is -1.37. The molecule has 0 aromatic rings. The molecule has 58 valence electrons. The van der Waals surface area contributed by atoms with Crippen LogP contribution in [0.2, 0.25) is 0 Å². The number of aliphatic hydroxyl groups is 1. The van der Waals surface area contributed by atoms with Crippen LogP contribution in [0.1, 0.15) is 6.92 Å². The zero-order valence-electron chi connectivity index (χ0n) is 5.54. The Hall–Kier alpha value is -0.350. The lowest BCUT2D eigenvalue weighted by atomic mass is 10.1. The lowest BCUT2D eigenvalue weighted by molar-refractivity contribution is -0.148. The topological polar surface area (TPSA) is 57.5 Å². The van der Waals surface area contributed by atoms with Crippen molar-refractivity contribution in [2.75, 3.05) is 0 Å². The van der Waals surface area contributed by atoms with E-state index in [1.54, 1.807) is 6.92 Å². The average Bonchev–Trinajstić information content (AvgIpc) is 1.84. The molecule has 0 bridgehead atoms. The summed E-state index contributed by atoms with van der Waals surface area (Å²) in [5, 5.41) is 17.2. The number of aliphatic hydroxyl groups excluding tert-OH is 1. The minimum absolute atomic E-state index is 0.461. The third kappa shape index (κ3) is 2.49. The molecule has 0 heterocycles. The Labute approximate surface area is 67.5 Å². The van der Waals surface area contributed by atoms with Gasteiger partial charge in [0.2, 0.25) is 0 Å². The van der Waals surface area contributed by atoms with Crippen LogP contribution in [-0.4, -0.2) is 22.3 Å². The van der Waals surface area contributed by atoms with E-state index in [1.165, 1.54) is 0 Å². The Morgan fingerprint density at radius 3 is 2.20 bits per heavy atom. The molecule has 2 N–H and O–H groups in total. The summed E-state index contributed by atoms with van der Waals surface area (Å²) in [4.78, 5) is 10.1. The standard InChI is InChI=1S/C6H9BrO3/c1-3(4(2)7)5(8)6(9)10/h3,5,8H,2H2,1H3,(H,9,10)/t3-,5+/m1/s1. The van der Waals surface area contributed by atoms with Crippen LogP contribution in [0.15, 0.2) is 11.1 Å². The van der Waals surface area contributed by atoms with E-state index in [1.807, 2.05) is 0 Å². The van der Waals surface area contributed by atoms with Gasteiger partial charge in [0.05, 0.1) is 0 Å². The van der Waals surface area contributed by atoms with Crippen molar-refractivity contribution in [1.82, 2.24) is 0 Å². The summed E-state index contributed by atoms with van der Waals surface area (Å²) in [5.41, 5.74) is 0. The van der Waals surface area contributed by atoms with Crippen molar-refractivity contribution in [1.29, 1.82) is 0 Å². The van der Waals surface area contributed by atoms with Gasteiger partial charge in [0, 0.05) is 5.92 Å². The molecule has 0 aliphatic rings. The number of hydrogen-bond donors (Lipinski definition) is 2. The van der Waals surface area contributed by atoms with Crippen molar-refractivity contribution in [3.05, 3.63) is 11.1 Å². The van der Waals surface area contributed by atoms with Crippen LogP contribution < -0.4 is 0 Å². The summed E-state index contributed by atoms with van der Waals surface area (Å²) < 4.78 is 0.488. The first-order valence-corrected chi connectivity index (χ1v) is 3.51. The highest BCUT2D eigenvalue weighted by Crippen LogP contribution is 2.18. The lowest BCUT2D eigenvalue weighted by Crippen LogP contribution is -2.27. The summed E-state index contributed by atoms with van der Waals surface area (Å²) in [6, 6.07) is 0. The average molecular weight is 209 g/mol. The fraction of sp³-hybridized carbons (Fsp3) is 0.500. The van der Waals surface area contributed by atoms with Gasteiger partial charge >= 0.3 is 5.97 Å². The first kappa shape index (κ1) is 9.65. The van der Waals surface area contributed by atoms with Crippen LogP contribution >= 0.6 is 15.9 Å². The van der Waals surface area contributed by atoms with Gasteiger partial charge in [-0.2, -0.15) is 0 Å². The van der Waals surface area contributed by atoms with E-state index in [0.717, 1.165) is 0 Å². The summed E-state index contributed by atoms with van der Waals surface area (Å²) in [7, 11) is 0. The molecule has 0 unspecified atom stereocenters. The van der Waals surface area contributed by atoms with Gasteiger partial charge in [0.25, 0.3) is 0 Å². The minimum atomic E-state index is -1.37. The molecule has 0 aliphatic heterocycles. The minimum Gasteiger partial charge on any atom is -0.479 e. The lowest BCUT2D eigenvalue weighted by Gasteiger charge is -2.12. The predicted molar refractivity (Wildman–Crippen MR) is 40.9 cm³/mol. The van der Waals surface area contributed by atoms with Gasteiger partial charge in [-0.25, -0.2) is 4.79 Å². The Kier molecular flexibility index (Phi) is 3.60. The molecule has 0 fully saturated rings. The van der Waals surface area contributed by atoms with E-state index in [9.17, 15) is 4.79 Å². The molecule has 0 aromatic heterocycles. The molecule has 0 saturated heterocycles. The fourth-order valence-corrected chi connectivity index (χ4v) is 0.636. The second-order valence-corrected chi connectivity index (χ2v) is 3.04. The van der Waals surface area contributed by atoms with Crippen LogP contribution in [0.5, 0.6) is 0 Å². The van der Waals surface area contributed by atoms with Gasteiger partial charge in [-0.1, -0.05) is 29.4 Å². The monoisotopic (exact) mass is 208 g/mol.